The summed E-state index contributed by atoms with van der Waals surface area (Å²) in [4.78, 5) is 11.9. The third-order valence-electron chi connectivity index (χ3n) is 3.63. The Hall–Kier alpha value is -2.75. The maximum atomic E-state index is 11.9. The van der Waals surface area contributed by atoms with Crippen molar-refractivity contribution in [2.75, 3.05) is 20.8 Å². The van der Waals surface area contributed by atoms with Gasteiger partial charge < -0.3 is 14.8 Å². The Balaban J connectivity index is 1.84. The van der Waals surface area contributed by atoms with E-state index in [1.54, 1.807) is 20.3 Å². The van der Waals surface area contributed by atoms with Gasteiger partial charge in [-0.2, -0.15) is 0 Å². The molecule has 0 saturated carbocycles. The molecule has 0 radical (unpaired) electrons. The van der Waals surface area contributed by atoms with E-state index in [1.807, 2.05) is 55.5 Å². The number of rotatable bonds is 7. The lowest BCUT2D eigenvalue weighted by Crippen LogP contribution is -2.23. The molecule has 0 spiro atoms. The molecule has 1 N–H and O–H groups in total. The quantitative estimate of drug-likeness (QED) is 0.794. The van der Waals surface area contributed by atoms with Gasteiger partial charge in [-0.1, -0.05) is 35.9 Å². The monoisotopic (exact) mass is 325 g/mol. The van der Waals surface area contributed by atoms with Crippen molar-refractivity contribution >= 4 is 12.0 Å². The van der Waals surface area contributed by atoms with Crippen molar-refractivity contribution in [2.45, 2.75) is 13.3 Å². The lowest BCUT2D eigenvalue weighted by Gasteiger charge is -2.09. The predicted molar refractivity (Wildman–Crippen MR) is 96.5 cm³/mol. The number of methoxy groups -OCH3 is 2. The maximum Gasteiger partial charge on any atom is 0.244 e. The third-order valence-corrected chi connectivity index (χ3v) is 3.63. The molecular weight excluding hydrogens is 302 g/mol. The molecule has 0 aromatic heterocycles. The van der Waals surface area contributed by atoms with Crippen LogP contribution >= 0.6 is 0 Å². The molecule has 0 saturated heterocycles. The summed E-state index contributed by atoms with van der Waals surface area (Å²) >= 11 is 0. The highest BCUT2D eigenvalue weighted by atomic mass is 16.5. The van der Waals surface area contributed by atoms with Crippen molar-refractivity contribution in [1.29, 1.82) is 0 Å². The van der Waals surface area contributed by atoms with Crippen molar-refractivity contribution in [1.82, 2.24) is 5.32 Å². The van der Waals surface area contributed by atoms with Crippen LogP contribution in [-0.2, 0) is 11.2 Å². The maximum absolute atomic E-state index is 11.9. The SMILES string of the molecule is COc1ccc(CCNC(=O)/C=C/c2cccc(C)c2)cc1OC. The number of aryl methyl sites for hydroxylation is 1. The van der Waals surface area contributed by atoms with E-state index in [2.05, 4.69) is 5.32 Å². The van der Waals surface area contributed by atoms with Gasteiger partial charge in [-0.05, 0) is 42.7 Å². The lowest BCUT2D eigenvalue weighted by atomic mass is 10.1. The highest BCUT2D eigenvalue weighted by molar-refractivity contribution is 5.91. The molecule has 4 nitrogen and oxygen atoms in total. The van der Waals surface area contributed by atoms with E-state index in [4.69, 9.17) is 9.47 Å². The minimum Gasteiger partial charge on any atom is -0.493 e. The molecule has 0 heterocycles. The van der Waals surface area contributed by atoms with Gasteiger partial charge in [0.1, 0.15) is 0 Å². The Kier molecular flexibility index (Phi) is 6.43. The average molecular weight is 325 g/mol. The average Bonchev–Trinajstić information content (AvgIpc) is 2.60. The first-order chi connectivity index (χ1) is 11.6. The molecule has 0 bridgehead atoms. The summed E-state index contributed by atoms with van der Waals surface area (Å²) in [5, 5.41) is 2.88. The van der Waals surface area contributed by atoms with Crippen LogP contribution in [0.3, 0.4) is 0 Å². The second kappa shape index (κ2) is 8.77. The highest BCUT2D eigenvalue weighted by Gasteiger charge is 2.04. The zero-order valence-corrected chi connectivity index (χ0v) is 14.3. The second-order valence-corrected chi connectivity index (χ2v) is 5.48. The molecule has 2 rings (SSSR count). The van der Waals surface area contributed by atoms with Gasteiger partial charge in [-0.25, -0.2) is 0 Å². The van der Waals surface area contributed by atoms with Crippen LogP contribution in [0.1, 0.15) is 16.7 Å². The molecule has 0 fully saturated rings. The minimum atomic E-state index is -0.100. The molecule has 2 aromatic rings. The molecule has 0 aliphatic carbocycles. The highest BCUT2D eigenvalue weighted by Crippen LogP contribution is 2.27. The number of benzene rings is 2. The van der Waals surface area contributed by atoms with Crippen LogP contribution in [0.5, 0.6) is 11.5 Å². The first-order valence-corrected chi connectivity index (χ1v) is 7.86. The Morgan fingerprint density at radius 3 is 2.58 bits per heavy atom. The number of carbonyl (C=O) groups excluding carboxylic acids is 1. The summed E-state index contributed by atoms with van der Waals surface area (Å²) in [5.41, 5.74) is 3.27. The lowest BCUT2D eigenvalue weighted by molar-refractivity contribution is -0.116. The van der Waals surface area contributed by atoms with E-state index < -0.39 is 0 Å². The Morgan fingerprint density at radius 2 is 1.88 bits per heavy atom. The van der Waals surface area contributed by atoms with Crippen molar-refractivity contribution in [3.8, 4) is 11.5 Å². The van der Waals surface area contributed by atoms with Gasteiger partial charge >= 0.3 is 0 Å². The van der Waals surface area contributed by atoms with E-state index in [0.717, 1.165) is 17.5 Å². The third kappa shape index (κ3) is 5.16. The largest absolute Gasteiger partial charge is 0.493 e. The van der Waals surface area contributed by atoms with E-state index >= 15 is 0 Å². The van der Waals surface area contributed by atoms with Crippen LogP contribution in [0.25, 0.3) is 6.08 Å². The number of nitrogens with one attached hydrogen (secondary N) is 1. The fourth-order valence-electron chi connectivity index (χ4n) is 2.37. The van der Waals surface area contributed by atoms with Gasteiger partial charge in [0, 0.05) is 12.6 Å². The summed E-state index contributed by atoms with van der Waals surface area (Å²) in [7, 11) is 3.22. The van der Waals surface area contributed by atoms with Crippen LogP contribution in [0.4, 0.5) is 0 Å². The topological polar surface area (TPSA) is 47.6 Å². The van der Waals surface area contributed by atoms with Crippen LogP contribution in [0.2, 0.25) is 0 Å². The molecule has 0 aliphatic rings. The smallest absolute Gasteiger partial charge is 0.244 e. The van der Waals surface area contributed by atoms with Crippen molar-refractivity contribution in [2.24, 2.45) is 0 Å². The van der Waals surface area contributed by atoms with Crippen molar-refractivity contribution < 1.29 is 14.3 Å². The van der Waals surface area contributed by atoms with E-state index in [-0.39, 0.29) is 5.91 Å². The van der Waals surface area contributed by atoms with E-state index in [9.17, 15) is 4.79 Å². The normalized spacial score (nSPS) is 10.6. The summed E-state index contributed by atoms with van der Waals surface area (Å²) in [6.45, 7) is 2.59. The predicted octanol–water partition coefficient (Wildman–Crippen LogP) is 3.38. The summed E-state index contributed by atoms with van der Waals surface area (Å²) in [6.07, 6.45) is 4.10. The standard InChI is InChI=1S/C20H23NO3/c1-15-5-4-6-16(13-15)8-10-20(22)21-12-11-17-7-9-18(23-2)19(14-17)24-3/h4-10,13-14H,11-12H2,1-3H3,(H,21,22)/b10-8+. The fourth-order valence-corrected chi connectivity index (χ4v) is 2.37. The minimum absolute atomic E-state index is 0.100. The van der Waals surface area contributed by atoms with Crippen LogP contribution in [-0.4, -0.2) is 26.7 Å². The van der Waals surface area contributed by atoms with Gasteiger partial charge in [-0.15, -0.1) is 0 Å². The van der Waals surface area contributed by atoms with Gasteiger partial charge in [0.05, 0.1) is 14.2 Å². The molecule has 4 heteroatoms. The van der Waals surface area contributed by atoms with E-state index in [1.165, 1.54) is 5.56 Å². The van der Waals surface area contributed by atoms with Crippen LogP contribution in [0.15, 0.2) is 48.5 Å². The summed E-state index contributed by atoms with van der Waals surface area (Å²) in [5.74, 6) is 1.30. The summed E-state index contributed by atoms with van der Waals surface area (Å²) < 4.78 is 10.5. The number of carbonyl (C=O) groups is 1. The van der Waals surface area contributed by atoms with Crippen molar-refractivity contribution in [3.63, 3.8) is 0 Å². The molecular formula is C20H23NO3. The number of hydrogen-bond acceptors (Lipinski definition) is 3. The second-order valence-electron chi connectivity index (χ2n) is 5.48. The molecule has 2 aromatic carbocycles. The van der Waals surface area contributed by atoms with Crippen molar-refractivity contribution in [3.05, 3.63) is 65.2 Å². The number of ether oxygens (including phenoxy) is 2. The molecule has 0 atom stereocenters. The molecule has 0 aliphatic heterocycles. The first-order valence-electron chi connectivity index (χ1n) is 7.86. The first kappa shape index (κ1) is 17.6. The van der Waals surface area contributed by atoms with Crippen LogP contribution < -0.4 is 14.8 Å². The van der Waals surface area contributed by atoms with Crippen LogP contribution in [0, 0.1) is 6.92 Å². The van der Waals surface area contributed by atoms with Gasteiger partial charge in [0.2, 0.25) is 5.91 Å². The zero-order valence-electron chi connectivity index (χ0n) is 14.3. The molecule has 126 valence electrons. The van der Waals surface area contributed by atoms with Gasteiger partial charge in [0.15, 0.2) is 11.5 Å². The Bertz CT molecular complexity index is 723. The molecule has 1 amide bonds. The van der Waals surface area contributed by atoms with Gasteiger partial charge in [0.25, 0.3) is 0 Å². The number of amides is 1. The molecule has 24 heavy (non-hydrogen) atoms. The Labute approximate surface area is 143 Å². The zero-order chi connectivity index (χ0) is 17.4. The number of hydrogen-bond donors (Lipinski definition) is 1. The summed E-state index contributed by atoms with van der Waals surface area (Å²) in [6, 6.07) is 13.8. The van der Waals surface area contributed by atoms with Gasteiger partial charge in [-0.3, -0.25) is 4.79 Å². The molecule has 0 unspecified atom stereocenters. The fraction of sp³-hybridized carbons (Fsp3) is 0.250. The Morgan fingerprint density at radius 1 is 1.08 bits per heavy atom. The van der Waals surface area contributed by atoms with E-state index in [0.29, 0.717) is 18.0 Å².